The summed E-state index contributed by atoms with van der Waals surface area (Å²) in [6, 6.07) is 5.54. The van der Waals surface area contributed by atoms with Gasteiger partial charge in [0.2, 0.25) is 5.91 Å². The number of halogens is 2. The number of aromatic nitrogens is 4. The maximum Gasteiger partial charge on any atom is 0.390 e. The largest absolute Gasteiger partial charge is 0.390 e. The fraction of sp³-hybridized carbons (Fsp3) is 0.350. The van der Waals surface area contributed by atoms with Gasteiger partial charge in [0.1, 0.15) is 5.82 Å². The molecule has 2 aromatic heterocycles. The third-order valence-corrected chi connectivity index (χ3v) is 5.37. The van der Waals surface area contributed by atoms with Crippen molar-refractivity contribution in [1.29, 1.82) is 0 Å². The molecule has 0 aliphatic heterocycles. The van der Waals surface area contributed by atoms with Crippen LogP contribution < -0.4 is 5.32 Å². The summed E-state index contributed by atoms with van der Waals surface area (Å²) >= 11 is 6.11. The number of nitro groups is 1. The maximum atomic E-state index is 13.3. The lowest BCUT2D eigenvalue weighted by Crippen LogP contribution is -2.25. The number of amides is 1. The zero-order valence-corrected chi connectivity index (χ0v) is 18.3. The van der Waals surface area contributed by atoms with Crippen LogP contribution in [0.1, 0.15) is 29.6 Å². The van der Waals surface area contributed by atoms with Gasteiger partial charge in [-0.25, -0.2) is 4.39 Å². The van der Waals surface area contributed by atoms with Crippen molar-refractivity contribution in [2.75, 3.05) is 5.32 Å². The van der Waals surface area contributed by atoms with E-state index in [1.807, 2.05) is 6.92 Å². The summed E-state index contributed by atoms with van der Waals surface area (Å²) in [6.45, 7) is 7.53. The van der Waals surface area contributed by atoms with E-state index in [2.05, 4.69) is 15.5 Å². The summed E-state index contributed by atoms with van der Waals surface area (Å²) in [5.74, 6) is -1.42. The van der Waals surface area contributed by atoms with Gasteiger partial charge in [-0.05, 0) is 43.4 Å². The van der Waals surface area contributed by atoms with Crippen LogP contribution in [0, 0.1) is 42.6 Å². The number of nitrogens with zero attached hydrogens (tertiary/aromatic N) is 5. The van der Waals surface area contributed by atoms with Gasteiger partial charge in [0.25, 0.3) is 0 Å². The van der Waals surface area contributed by atoms with Crippen molar-refractivity contribution in [2.45, 2.75) is 40.8 Å². The van der Waals surface area contributed by atoms with E-state index in [9.17, 15) is 19.3 Å². The van der Waals surface area contributed by atoms with E-state index in [1.54, 1.807) is 31.5 Å². The maximum absolute atomic E-state index is 13.3. The molecule has 2 heterocycles. The highest BCUT2D eigenvalue weighted by atomic mass is 35.5. The molecule has 31 heavy (non-hydrogen) atoms. The molecule has 0 fully saturated rings. The summed E-state index contributed by atoms with van der Waals surface area (Å²) < 4.78 is 16.4. The van der Waals surface area contributed by atoms with Gasteiger partial charge < -0.3 is 15.4 Å². The standard InChI is InChI=1S/C20H22ClFN6O3/c1-11(9-26-12(2)7-18(25-26)28(30)31)20(29)23-19-13(3)24-27(14(19)4)10-15-5-6-16(22)8-17(15)21/h5-8,11H,9-10H2,1-4H3,(H,23,29). The minimum Gasteiger partial charge on any atom is -0.358 e. The van der Waals surface area contributed by atoms with Crippen LogP contribution in [0.2, 0.25) is 5.02 Å². The number of rotatable bonds is 7. The first-order valence-corrected chi connectivity index (χ1v) is 9.92. The number of benzene rings is 1. The summed E-state index contributed by atoms with van der Waals surface area (Å²) in [5, 5.41) is 22.5. The third kappa shape index (κ3) is 4.91. The average molecular weight is 449 g/mol. The Kier molecular flexibility index (Phi) is 6.40. The molecule has 0 aliphatic carbocycles. The third-order valence-electron chi connectivity index (χ3n) is 5.01. The predicted octanol–water partition coefficient (Wildman–Crippen LogP) is 4.03. The lowest BCUT2D eigenvalue weighted by atomic mass is 10.1. The fourth-order valence-electron chi connectivity index (χ4n) is 3.20. The summed E-state index contributed by atoms with van der Waals surface area (Å²) in [4.78, 5) is 23.1. The normalized spacial score (nSPS) is 12.1. The molecule has 1 unspecified atom stereocenters. The van der Waals surface area contributed by atoms with Crippen LogP contribution in [0.5, 0.6) is 0 Å². The molecule has 0 saturated carbocycles. The number of nitrogens with one attached hydrogen (secondary N) is 1. The van der Waals surface area contributed by atoms with Crippen LogP contribution in [0.25, 0.3) is 0 Å². The van der Waals surface area contributed by atoms with Crippen molar-refractivity contribution in [3.05, 3.63) is 67.9 Å². The van der Waals surface area contributed by atoms with Crippen molar-refractivity contribution in [1.82, 2.24) is 19.6 Å². The zero-order chi connectivity index (χ0) is 22.9. The molecular formula is C20H22ClFN6O3. The van der Waals surface area contributed by atoms with Gasteiger partial charge in [0, 0.05) is 5.02 Å². The van der Waals surface area contributed by atoms with Crippen LogP contribution in [0.3, 0.4) is 0 Å². The summed E-state index contributed by atoms with van der Waals surface area (Å²) in [7, 11) is 0. The van der Waals surface area contributed by atoms with Gasteiger partial charge in [0.05, 0.1) is 52.9 Å². The van der Waals surface area contributed by atoms with Crippen LogP contribution in [-0.4, -0.2) is 30.4 Å². The Bertz CT molecular complexity index is 1160. The zero-order valence-electron chi connectivity index (χ0n) is 17.5. The lowest BCUT2D eigenvalue weighted by molar-refractivity contribution is -0.389. The van der Waals surface area contributed by atoms with Gasteiger partial charge in [-0.3, -0.25) is 9.48 Å². The van der Waals surface area contributed by atoms with Gasteiger partial charge in [0.15, 0.2) is 0 Å². The topological polar surface area (TPSA) is 108 Å². The highest BCUT2D eigenvalue weighted by Crippen LogP contribution is 2.24. The quantitative estimate of drug-likeness (QED) is 0.433. The lowest BCUT2D eigenvalue weighted by Gasteiger charge is -2.12. The molecule has 11 heteroatoms. The number of hydrogen-bond donors (Lipinski definition) is 1. The molecular weight excluding hydrogens is 427 g/mol. The molecule has 3 aromatic rings. The Morgan fingerprint density at radius 1 is 1.26 bits per heavy atom. The molecule has 0 radical (unpaired) electrons. The number of aryl methyl sites for hydroxylation is 2. The SMILES string of the molecule is Cc1nn(Cc2ccc(F)cc2Cl)c(C)c1NC(=O)C(C)Cn1nc([N+](=O)[O-])cc1C. The second kappa shape index (κ2) is 8.84. The molecule has 1 N–H and O–H groups in total. The molecule has 1 aromatic carbocycles. The van der Waals surface area contributed by atoms with E-state index >= 15 is 0 Å². The van der Waals surface area contributed by atoms with E-state index in [0.29, 0.717) is 34.2 Å². The molecule has 0 bridgehead atoms. The number of anilines is 1. The van der Waals surface area contributed by atoms with Gasteiger partial charge in [-0.1, -0.05) is 24.6 Å². The van der Waals surface area contributed by atoms with E-state index in [-0.39, 0.29) is 18.3 Å². The van der Waals surface area contributed by atoms with E-state index in [0.717, 1.165) is 5.69 Å². The fourth-order valence-corrected chi connectivity index (χ4v) is 3.43. The van der Waals surface area contributed by atoms with Crippen molar-refractivity contribution in [3.63, 3.8) is 0 Å². The number of carbonyl (C=O) groups excluding carboxylic acids is 1. The Morgan fingerprint density at radius 2 is 1.97 bits per heavy atom. The van der Waals surface area contributed by atoms with Crippen molar-refractivity contribution >= 4 is 29.0 Å². The van der Waals surface area contributed by atoms with Crippen molar-refractivity contribution < 1.29 is 14.1 Å². The van der Waals surface area contributed by atoms with Crippen LogP contribution >= 0.6 is 11.6 Å². The first kappa shape index (κ1) is 22.4. The van der Waals surface area contributed by atoms with Crippen LogP contribution in [0.4, 0.5) is 15.9 Å². The monoisotopic (exact) mass is 448 g/mol. The molecule has 3 rings (SSSR count). The van der Waals surface area contributed by atoms with Gasteiger partial charge in [-0.2, -0.15) is 9.78 Å². The molecule has 0 saturated heterocycles. The van der Waals surface area contributed by atoms with Crippen LogP contribution in [0.15, 0.2) is 24.3 Å². The van der Waals surface area contributed by atoms with Crippen molar-refractivity contribution in [2.24, 2.45) is 5.92 Å². The Labute approximate surface area is 183 Å². The van der Waals surface area contributed by atoms with E-state index in [1.165, 1.54) is 22.9 Å². The molecule has 9 nitrogen and oxygen atoms in total. The molecule has 164 valence electrons. The summed E-state index contributed by atoms with van der Waals surface area (Å²) in [5.41, 5.74) is 3.24. The molecule has 0 spiro atoms. The van der Waals surface area contributed by atoms with Crippen LogP contribution in [-0.2, 0) is 17.9 Å². The van der Waals surface area contributed by atoms with E-state index in [4.69, 9.17) is 11.6 Å². The minimum absolute atomic E-state index is 0.197. The second-order valence-corrected chi connectivity index (χ2v) is 7.82. The van der Waals surface area contributed by atoms with Gasteiger partial charge >= 0.3 is 5.82 Å². The summed E-state index contributed by atoms with van der Waals surface area (Å²) in [6.07, 6.45) is 0. The highest BCUT2D eigenvalue weighted by Gasteiger charge is 2.23. The Hall–Kier alpha value is -3.27. The molecule has 1 amide bonds. The van der Waals surface area contributed by atoms with Crippen molar-refractivity contribution in [3.8, 4) is 0 Å². The number of hydrogen-bond acceptors (Lipinski definition) is 5. The molecule has 0 aliphatic rings. The minimum atomic E-state index is -0.567. The smallest absolute Gasteiger partial charge is 0.358 e. The Morgan fingerprint density at radius 3 is 2.58 bits per heavy atom. The molecule has 1 atom stereocenters. The average Bonchev–Trinajstić information content (AvgIpc) is 3.18. The first-order chi connectivity index (χ1) is 14.6. The highest BCUT2D eigenvalue weighted by molar-refractivity contribution is 6.31. The number of carbonyl (C=O) groups is 1. The predicted molar refractivity (Wildman–Crippen MR) is 114 cm³/mol. The van der Waals surface area contributed by atoms with E-state index < -0.39 is 16.7 Å². The first-order valence-electron chi connectivity index (χ1n) is 9.54. The van der Waals surface area contributed by atoms with Gasteiger partial charge in [-0.15, -0.1) is 0 Å². The second-order valence-electron chi connectivity index (χ2n) is 7.41. The Balaban J connectivity index is 1.73.